The highest BCUT2D eigenvalue weighted by molar-refractivity contribution is 9.10. The van der Waals surface area contributed by atoms with Crippen molar-refractivity contribution in [2.24, 2.45) is 16.0 Å². The van der Waals surface area contributed by atoms with Crippen LogP contribution in [-0.2, 0) is 14.8 Å². The van der Waals surface area contributed by atoms with E-state index in [4.69, 9.17) is 15.0 Å². The first-order valence-electron chi connectivity index (χ1n) is 8.33. The molecule has 0 aliphatic carbocycles. The normalized spacial score (nSPS) is 17.6. The molecule has 1 spiro atoms. The first-order valence-corrected chi connectivity index (χ1v) is 13.2. The smallest absolute Gasteiger partial charge is 0.238 e. The Morgan fingerprint density at radius 3 is 1.78 bits per heavy atom. The molecule has 2 saturated heterocycles. The predicted octanol–water partition coefficient (Wildman–Crippen LogP) is 2.40. The molecule has 0 amide bonds. The summed E-state index contributed by atoms with van der Waals surface area (Å²) < 4.78 is 26.5. The van der Waals surface area contributed by atoms with Gasteiger partial charge in [0.1, 0.15) is 0 Å². The van der Waals surface area contributed by atoms with Gasteiger partial charge < -0.3 is 15.2 Å². The van der Waals surface area contributed by atoms with Gasteiger partial charge in [-0.3, -0.25) is 0 Å². The second kappa shape index (κ2) is 11.6. The van der Waals surface area contributed by atoms with Gasteiger partial charge in [-0.1, -0.05) is 65.5 Å². The fraction of sp³-hybridized carbons (Fsp3) is 0.647. The van der Waals surface area contributed by atoms with Gasteiger partial charge in [0.15, 0.2) is 0 Å². The Balaban J connectivity index is 0.000000207. The van der Waals surface area contributed by atoms with E-state index in [0.29, 0.717) is 5.41 Å². The third kappa shape index (κ3) is 8.00. The number of aliphatic hydroxyl groups is 1. The van der Waals surface area contributed by atoms with Crippen molar-refractivity contribution in [1.29, 1.82) is 0 Å². The number of hydrogen-bond acceptors (Lipinski definition) is 5. The van der Waals surface area contributed by atoms with E-state index in [1.165, 1.54) is 25.2 Å². The van der Waals surface area contributed by atoms with E-state index in [-0.39, 0.29) is 16.9 Å². The minimum Gasteiger partial charge on any atom is -0.396 e. The van der Waals surface area contributed by atoms with Crippen LogP contribution in [0, 0.1) is 17.8 Å². The van der Waals surface area contributed by atoms with Gasteiger partial charge in [0.25, 0.3) is 0 Å². The number of nitrogens with two attached hydrogens (primary N) is 1. The highest BCUT2D eigenvalue weighted by Crippen LogP contribution is 2.30. The van der Waals surface area contributed by atoms with E-state index < -0.39 is 10.0 Å². The largest absolute Gasteiger partial charge is 0.396 e. The van der Waals surface area contributed by atoms with Crippen LogP contribution in [0.3, 0.4) is 0 Å². The summed E-state index contributed by atoms with van der Waals surface area (Å²) in [5, 5.41) is 19.4. The third-order valence-corrected chi connectivity index (χ3v) is 8.85. The number of aryl methyl sites for hydroxylation is 1. The van der Waals surface area contributed by atoms with Crippen molar-refractivity contribution in [3.8, 4) is 0 Å². The Hall–Kier alpha value is 0.450. The molecule has 2 fully saturated rings. The first-order chi connectivity index (χ1) is 12.7. The first kappa shape index (κ1) is 25.5. The molecule has 0 bridgehead atoms. The average Bonchev–Trinajstić information content (AvgIpc) is 2.56. The van der Waals surface area contributed by atoms with Crippen LogP contribution in [0.4, 0.5) is 0 Å². The van der Waals surface area contributed by atoms with Crippen LogP contribution in [0.5, 0.6) is 0 Å². The lowest BCUT2D eigenvalue weighted by Crippen LogP contribution is -2.64. The fourth-order valence-electron chi connectivity index (χ4n) is 2.04. The van der Waals surface area contributed by atoms with Crippen LogP contribution in [0.2, 0.25) is 0 Å². The molecule has 0 radical (unpaired) electrons. The van der Waals surface area contributed by atoms with Gasteiger partial charge in [-0.05, 0) is 19.1 Å². The summed E-state index contributed by atoms with van der Waals surface area (Å²) in [5.74, 6) is 0. The van der Waals surface area contributed by atoms with Crippen molar-refractivity contribution in [3.05, 3.63) is 29.8 Å². The van der Waals surface area contributed by atoms with Crippen LogP contribution in [0.1, 0.15) is 5.56 Å². The standard InChI is InChI=1S/C7H9NO2S.C5H9Br3O.C5H9NO/c1-6-2-4-7(5-3-6)11(8,9)10;6-1-5(2-7,3-8)4-9;1-5(2-6-1)3-7-4-5/h2-5H,1H3,(H2,8,9,10);9H,1-4H2;6H,1-4H2. The molecule has 6 nitrogen and oxygen atoms in total. The second-order valence-electron chi connectivity index (χ2n) is 7.01. The lowest BCUT2D eigenvalue weighted by Gasteiger charge is -2.48. The molecular formula is C17H27Br3N2O4S. The topological polar surface area (TPSA) is 102 Å². The number of rotatable bonds is 5. The number of primary sulfonamides is 1. The van der Waals surface area contributed by atoms with Crippen LogP contribution in [0.15, 0.2) is 29.2 Å². The van der Waals surface area contributed by atoms with E-state index in [9.17, 15) is 8.42 Å². The molecule has 10 heteroatoms. The summed E-state index contributed by atoms with van der Waals surface area (Å²) in [4.78, 5) is 0.156. The summed E-state index contributed by atoms with van der Waals surface area (Å²) >= 11 is 10.0. The van der Waals surface area contributed by atoms with Gasteiger partial charge in [0.2, 0.25) is 10.0 Å². The molecule has 2 aliphatic rings. The van der Waals surface area contributed by atoms with Crippen molar-refractivity contribution < 1.29 is 18.3 Å². The summed E-state index contributed by atoms with van der Waals surface area (Å²) in [6, 6.07) is 6.40. The minimum absolute atomic E-state index is 0.0278. The zero-order chi connectivity index (χ0) is 20.6. The monoisotopic (exact) mass is 592 g/mol. The Morgan fingerprint density at radius 1 is 1.15 bits per heavy atom. The van der Waals surface area contributed by atoms with Crippen molar-refractivity contribution >= 4 is 57.8 Å². The number of nitrogens with one attached hydrogen (secondary N) is 1. The van der Waals surface area contributed by atoms with Crippen LogP contribution >= 0.6 is 47.8 Å². The van der Waals surface area contributed by atoms with Gasteiger partial charge in [0.05, 0.1) is 24.7 Å². The molecule has 27 heavy (non-hydrogen) atoms. The Bertz CT molecular complexity index is 626. The molecule has 2 heterocycles. The van der Waals surface area contributed by atoms with Gasteiger partial charge in [0, 0.05) is 39.9 Å². The molecular weight excluding hydrogens is 568 g/mol. The third-order valence-electron chi connectivity index (χ3n) is 4.35. The zero-order valence-corrected chi connectivity index (χ0v) is 20.8. The number of aliphatic hydroxyl groups excluding tert-OH is 1. The van der Waals surface area contributed by atoms with E-state index >= 15 is 0 Å². The van der Waals surface area contributed by atoms with Gasteiger partial charge >= 0.3 is 0 Å². The van der Waals surface area contributed by atoms with Crippen molar-refractivity contribution in [2.75, 3.05) is 48.9 Å². The maximum absolute atomic E-state index is 10.7. The maximum atomic E-state index is 10.7. The van der Waals surface area contributed by atoms with Gasteiger partial charge in [-0.25, -0.2) is 13.6 Å². The second-order valence-corrected chi connectivity index (χ2v) is 10.3. The van der Waals surface area contributed by atoms with E-state index in [1.807, 2.05) is 6.92 Å². The van der Waals surface area contributed by atoms with Crippen molar-refractivity contribution in [3.63, 3.8) is 0 Å². The maximum Gasteiger partial charge on any atom is 0.238 e. The molecule has 0 unspecified atom stereocenters. The van der Waals surface area contributed by atoms with Gasteiger partial charge in [-0.2, -0.15) is 0 Å². The molecule has 4 N–H and O–H groups in total. The molecule has 0 atom stereocenters. The zero-order valence-electron chi connectivity index (χ0n) is 15.3. The lowest BCUT2D eigenvalue weighted by atomic mass is 9.80. The molecule has 2 aliphatic heterocycles. The van der Waals surface area contributed by atoms with E-state index in [2.05, 4.69) is 53.1 Å². The predicted molar refractivity (Wildman–Crippen MR) is 120 cm³/mol. The average molecular weight is 595 g/mol. The van der Waals surface area contributed by atoms with Crippen molar-refractivity contribution in [2.45, 2.75) is 11.8 Å². The van der Waals surface area contributed by atoms with Crippen LogP contribution in [-0.4, -0.2) is 62.4 Å². The van der Waals surface area contributed by atoms with E-state index in [0.717, 1.165) is 34.8 Å². The molecule has 156 valence electrons. The number of benzene rings is 1. The van der Waals surface area contributed by atoms with E-state index in [1.54, 1.807) is 12.1 Å². The number of alkyl halides is 3. The highest BCUT2D eigenvalue weighted by Gasteiger charge is 2.43. The summed E-state index contributed by atoms with van der Waals surface area (Å²) in [6.07, 6.45) is 0. The Morgan fingerprint density at radius 2 is 1.63 bits per heavy atom. The molecule has 0 saturated carbocycles. The summed E-state index contributed by atoms with van der Waals surface area (Å²) in [6.45, 7) is 6.46. The van der Waals surface area contributed by atoms with Crippen molar-refractivity contribution in [1.82, 2.24) is 5.32 Å². The fourth-order valence-corrected chi connectivity index (χ4v) is 5.87. The number of sulfonamides is 1. The highest BCUT2D eigenvalue weighted by atomic mass is 79.9. The minimum atomic E-state index is -3.52. The van der Waals surface area contributed by atoms with Crippen LogP contribution < -0.4 is 10.5 Å². The Labute approximate surface area is 187 Å². The molecule has 1 aromatic carbocycles. The Kier molecular flexibility index (Phi) is 10.9. The quantitative estimate of drug-likeness (QED) is 0.455. The van der Waals surface area contributed by atoms with Gasteiger partial charge in [-0.15, -0.1) is 0 Å². The molecule has 0 aromatic heterocycles. The number of hydrogen-bond donors (Lipinski definition) is 3. The lowest BCUT2D eigenvalue weighted by molar-refractivity contribution is -0.139. The summed E-state index contributed by atoms with van der Waals surface area (Å²) in [5.41, 5.74) is 1.59. The number of halogens is 3. The summed E-state index contributed by atoms with van der Waals surface area (Å²) in [7, 11) is -3.52. The molecule has 3 rings (SSSR count). The SMILES string of the molecule is C1NCC12COC2.Cc1ccc(S(N)(=O)=O)cc1.OCC(CBr)(CBr)CBr. The molecule has 1 aromatic rings. The number of ether oxygens (including phenoxy) is 1. The van der Waals surface area contributed by atoms with Crippen LogP contribution in [0.25, 0.3) is 0 Å².